The van der Waals surface area contributed by atoms with Crippen molar-refractivity contribution in [2.24, 2.45) is 0 Å². The van der Waals surface area contributed by atoms with Crippen molar-refractivity contribution < 1.29 is 210 Å². The fraction of sp³-hybridized carbons (Fsp3) is 0. The van der Waals surface area contributed by atoms with Gasteiger partial charge in [0.1, 0.15) is 0 Å². The third-order valence-electron chi connectivity index (χ3n) is 0. The number of hydrogen-bond donors (Lipinski definition) is 0. The van der Waals surface area contributed by atoms with Crippen LogP contribution in [0.2, 0.25) is 0 Å². The molecule has 0 heterocycles. The summed E-state index contributed by atoms with van der Waals surface area (Å²) in [7, 11) is -10.8. The van der Waals surface area contributed by atoms with Gasteiger partial charge in [-0.1, -0.05) is 0 Å². The Morgan fingerprint density at radius 1 is 0.529 bits per heavy atom. The maximum atomic E-state index is 8.55. The van der Waals surface area contributed by atoms with Crippen molar-refractivity contribution in [3.05, 3.63) is 0 Å². The van der Waals surface area contributed by atoms with Crippen LogP contribution in [0.25, 0.3) is 0 Å². The van der Waals surface area contributed by atoms with Crippen LogP contribution in [0.5, 0.6) is 0 Å². The summed E-state index contributed by atoms with van der Waals surface area (Å²) in [5, 5.41) is 0. The van der Waals surface area contributed by atoms with Crippen LogP contribution in [-0.2, 0) is 26.2 Å². The van der Waals surface area contributed by atoms with Gasteiger partial charge >= 0.3 is 260 Å². The summed E-state index contributed by atoms with van der Waals surface area (Å²) in [6, 6.07) is 0. The Labute approximate surface area is 304 Å². The Kier molecular flexibility index (Phi) is 107. The van der Waals surface area contributed by atoms with Crippen molar-refractivity contribution in [1.29, 1.82) is 0 Å². The Bertz CT molecular complexity index is 146. The quantitative estimate of drug-likeness (QED) is 0.267. The molecule has 0 aromatic rings. The van der Waals surface area contributed by atoms with E-state index in [1.807, 2.05) is 0 Å². The topological polar surface area (TPSA) is 172 Å². The van der Waals surface area contributed by atoms with Gasteiger partial charge in [-0.3, -0.25) is 0 Å². The van der Waals surface area contributed by atoms with Crippen molar-refractivity contribution in [3.63, 3.8) is 0 Å². The first-order chi connectivity index (χ1) is 4.00. The molecule has 0 unspecified atom stereocenters. The van der Waals surface area contributed by atoms with Crippen molar-refractivity contribution in [3.8, 4) is 0 Å². The summed E-state index contributed by atoms with van der Waals surface area (Å²) < 4.78 is 17.1. The van der Waals surface area contributed by atoms with Crippen molar-refractivity contribution in [2.75, 3.05) is 0 Å². The predicted octanol–water partition coefficient (Wildman–Crippen LogP) is -16.6. The Hall–Kier alpha value is 8.65. The standard InChI is InChI=1S/Fe.3K.3Na.2H3O4P.3H/c;;;;;;;2*1-5(2,3)4;;;/h;;;;;;;2*(H3,1,2,3,4);;;/q+3;3*+1;;;;;;;;/p-6. The molecule has 75 valence electrons. The van der Waals surface area contributed by atoms with Gasteiger partial charge < -0.3 is 38.5 Å². The summed E-state index contributed by atoms with van der Waals surface area (Å²) in [4.78, 5) is 51.3. The van der Waals surface area contributed by atoms with Gasteiger partial charge in [-0.25, -0.2) is 0 Å². The van der Waals surface area contributed by atoms with Gasteiger partial charge in [0, 0.05) is 0 Å². The Morgan fingerprint density at radius 2 is 0.529 bits per heavy atom. The molecule has 17 heavy (non-hydrogen) atoms. The summed E-state index contributed by atoms with van der Waals surface area (Å²) in [5.74, 6) is 0. The second kappa shape index (κ2) is 32.3. The Balaban J connectivity index is -0.00000000762. The van der Waals surface area contributed by atoms with E-state index in [0.717, 1.165) is 0 Å². The first kappa shape index (κ1) is 56.2. The van der Waals surface area contributed by atoms with Crippen LogP contribution >= 0.6 is 15.6 Å². The second-order valence-corrected chi connectivity index (χ2v) is 2.68. The molecule has 0 fully saturated rings. The van der Waals surface area contributed by atoms with Crippen molar-refractivity contribution >= 4 is 104 Å². The zero-order valence-electron chi connectivity index (χ0n) is 7.51. The van der Waals surface area contributed by atoms with E-state index < -0.39 is 15.6 Å². The average Bonchev–Trinajstić information content (AvgIpc) is 1.12. The fourth-order valence-electron chi connectivity index (χ4n) is 0. The Morgan fingerprint density at radius 3 is 0.529 bits per heavy atom. The number of hydrogen-bond acceptors (Lipinski definition) is 8. The number of phosphoric acid groups is 2. The molecule has 0 bridgehead atoms. The zero-order chi connectivity index (χ0) is 9.00. The van der Waals surface area contributed by atoms with Crippen molar-refractivity contribution in [1.82, 2.24) is 0 Å². The van der Waals surface area contributed by atoms with Crippen LogP contribution < -0.4 is 184 Å². The van der Waals surface area contributed by atoms with E-state index in [1.165, 1.54) is 0 Å². The van der Waals surface area contributed by atoms with Gasteiger partial charge in [0.15, 0.2) is 0 Å². The van der Waals surface area contributed by atoms with E-state index in [-0.39, 0.29) is 260 Å². The van der Waals surface area contributed by atoms with Crippen LogP contribution in [0.15, 0.2) is 0 Å². The van der Waals surface area contributed by atoms with Gasteiger partial charge in [0.25, 0.3) is 0 Å². The molecule has 0 atom stereocenters. The van der Waals surface area contributed by atoms with E-state index in [2.05, 4.69) is 0 Å². The molecule has 0 aliphatic heterocycles. The minimum atomic E-state index is -5.39. The third kappa shape index (κ3) is 169. The SMILES string of the molecule is O=P([O-])([O-])[O-].O=P([O-])([O-])[O-].[Fe+3].[K+].[K+].[K+].[NaH].[NaH].[NaH]. The molecular formula is H3FeK3Na3O8P2. The first-order valence-electron chi connectivity index (χ1n) is 1.46. The molecule has 0 saturated heterocycles. The second-order valence-electron chi connectivity index (χ2n) is 0.894. The average molecular weight is 435 g/mol. The van der Waals surface area contributed by atoms with Crippen LogP contribution in [-0.4, -0.2) is 88.7 Å². The molecule has 0 aromatic carbocycles. The van der Waals surface area contributed by atoms with Crippen LogP contribution in [0, 0.1) is 0 Å². The summed E-state index contributed by atoms with van der Waals surface area (Å²) in [5.41, 5.74) is 0. The van der Waals surface area contributed by atoms with E-state index >= 15 is 0 Å². The van der Waals surface area contributed by atoms with Gasteiger partial charge in [0.2, 0.25) is 0 Å². The fourth-order valence-corrected chi connectivity index (χ4v) is 0. The summed E-state index contributed by atoms with van der Waals surface area (Å²) >= 11 is 0. The van der Waals surface area contributed by atoms with Gasteiger partial charge in [0.05, 0.1) is 0 Å². The van der Waals surface area contributed by atoms with Gasteiger partial charge in [-0.05, 0) is 0 Å². The summed E-state index contributed by atoms with van der Waals surface area (Å²) in [6.07, 6.45) is 0. The predicted molar refractivity (Wildman–Crippen MR) is 36.7 cm³/mol. The summed E-state index contributed by atoms with van der Waals surface area (Å²) in [6.45, 7) is 0. The molecule has 0 rings (SSSR count). The molecule has 8 nitrogen and oxygen atoms in total. The molecule has 0 amide bonds. The van der Waals surface area contributed by atoms with Crippen LogP contribution in [0.1, 0.15) is 0 Å². The molecule has 0 aliphatic carbocycles. The van der Waals surface area contributed by atoms with Crippen molar-refractivity contribution in [2.45, 2.75) is 0 Å². The van der Waals surface area contributed by atoms with E-state index in [0.29, 0.717) is 0 Å². The minimum absolute atomic E-state index is 0. The zero-order valence-corrected chi connectivity index (χ0v) is 19.8. The van der Waals surface area contributed by atoms with Gasteiger partial charge in [-0.2, -0.15) is 15.6 Å². The molecule has 0 spiro atoms. The molecule has 1 radical (unpaired) electrons. The van der Waals surface area contributed by atoms with Crippen LogP contribution in [0.4, 0.5) is 0 Å². The number of rotatable bonds is 0. The molecule has 0 saturated carbocycles. The van der Waals surface area contributed by atoms with E-state index in [4.69, 9.17) is 38.5 Å². The van der Waals surface area contributed by atoms with E-state index in [9.17, 15) is 0 Å². The molecule has 17 heteroatoms. The monoisotopic (exact) mass is 435 g/mol. The normalized spacial score (nSPS) is 6.94. The molecule has 0 N–H and O–H groups in total. The van der Waals surface area contributed by atoms with E-state index in [1.54, 1.807) is 0 Å². The third-order valence-corrected chi connectivity index (χ3v) is 0. The first-order valence-corrected chi connectivity index (χ1v) is 4.38. The van der Waals surface area contributed by atoms with Crippen LogP contribution in [0.3, 0.4) is 0 Å². The maximum absolute atomic E-state index is 8.55. The van der Waals surface area contributed by atoms with Gasteiger partial charge in [-0.15, -0.1) is 0 Å². The molecular weight excluding hydrogens is 432 g/mol. The molecule has 0 aliphatic rings. The molecule has 0 aromatic heterocycles.